The SMILES string of the molecule is [N-]=[N+]=N[C@H]1CCNC[C@@H]1F. The molecule has 0 spiro atoms. The van der Waals surface area contributed by atoms with Crippen molar-refractivity contribution in [1.29, 1.82) is 0 Å². The van der Waals surface area contributed by atoms with Crippen LogP contribution in [0, 0.1) is 0 Å². The van der Waals surface area contributed by atoms with Crippen LogP contribution >= 0.6 is 0 Å². The van der Waals surface area contributed by atoms with Crippen molar-refractivity contribution >= 4 is 0 Å². The Morgan fingerprint density at radius 3 is 3.10 bits per heavy atom. The summed E-state index contributed by atoms with van der Waals surface area (Å²) in [6, 6.07) is -0.453. The highest BCUT2D eigenvalue weighted by Gasteiger charge is 2.22. The summed E-state index contributed by atoms with van der Waals surface area (Å²) in [6.45, 7) is 1.05. The van der Waals surface area contributed by atoms with E-state index >= 15 is 0 Å². The van der Waals surface area contributed by atoms with Gasteiger partial charge in [-0.25, -0.2) is 4.39 Å². The second-order valence-corrected chi connectivity index (χ2v) is 2.28. The van der Waals surface area contributed by atoms with Gasteiger partial charge in [-0.05, 0) is 18.5 Å². The molecule has 1 heterocycles. The molecule has 0 aromatic heterocycles. The van der Waals surface area contributed by atoms with Crippen LogP contribution in [0.4, 0.5) is 4.39 Å². The minimum Gasteiger partial charge on any atom is -0.314 e. The number of halogens is 1. The molecule has 0 aromatic carbocycles. The molecule has 5 heteroatoms. The minimum atomic E-state index is -1.01. The Balaban J connectivity index is 2.47. The lowest BCUT2D eigenvalue weighted by atomic mass is 10.1. The highest BCUT2D eigenvalue weighted by Crippen LogP contribution is 2.10. The van der Waals surface area contributed by atoms with E-state index in [1.165, 1.54) is 0 Å². The van der Waals surface area contributed by atoms with Crippen LogP contribution in [0.25, 0.3) is 10.4 Å². The minimum absolute atomic E-state index is 0.309. The van der Waals surface area contributed by atoms with Crippen molar-refractivity contribution in [2.24, 2.45) is 5.11 Å². The van der Waals surface area contributed by atoms with Crippen LogP contribution in [0.2, 0.25) is 0 Å². The van der Waals surface area contributed by atoms with Crippen LogP contribution in [-0.4, -0.2) is 25.3 Å². The highest BCUT2D eigenvalue weighted by atomic mass is 19.1. The van der Waals surface area contributed by atoms with Crippen molar-refractivity contribution in [3.8, 4) is 0 Å². The van der Waals surface area contributed by atoms with Gasteiger partial charge in [0.15, 0.2) is 0 Å². The van der Waals surface area contributed by atoms with Crippen molar-refractivity contribution in [3.63, 3.8) is 0 Å². The molecule has 0 aromatic rings. The van der Waals surface area contributed by atoms with Crippen molar-refractivity contribution < 1.29 is 4.39 Å². The number of hydrogen-bond acceptors (Lipinski definition) is 2. The molecular formula is C5H9FN4. The van der Waals surface area contributed by atoms with Crippen LogP contribution in [0.15, 0.2) is 5.11 Å². The average molecular weight is 144 g/mol. The third kappa shape index (κ3) is 1.59. The van der Waals surface area contributed by atoms with Crippen LogP contribution < -0.4 is 5.32 Å². The van der Waals surface area contributed by atoms with E-state index in [2.05, 4.69) is 15.3 Å². The Morgan fingerprint density at radius 1 is 1.70 bits per heavy atom. The van der Waals surface area contributed by atoms with Gasteiger partial charge in [0.25, 0.3) is 0 Å². The molecule has 0 radical (unpaired) electrons. The summed E-state index contributed by atoms with van der Waals surface area (Å²) in [4.78, 5) is 2.57. The fraction of sp³-hybridized carbons (Fsp3) is 1.00. The Labute approximate surface area is 58.0 Å². The standard InChI is InChI=1S/C5H9FN4/c6-4-3-8-2-1-5(4)9-10-7/h4-5,8H,1-3H2/t4-,5-/m0/s1. The number of hydrogen-bond donors (Lipinski definition) is 1. The fourth-order valence-electron chi connectivity index (χ4n) is 1.00. The van der Waals surface area contributed by atoms with Gasteiger partial charge < -0.3 is 5.32 Å². The molecule has 10 heavy (non-hydrogen) atoms. The van der Waals surface area contributed by atoms with Crippen molar-refractivity contribution in [3.05, 3.63) is 10.4 Å². The zero-order valence-corrected chi connectivity index (χ0v) is 5.50. The summed E-state index contributed by atoms with van der Waals surface area (Å²) in [5, 5.41) is 6.19. The molecule has 4 nitrogen and oxygen atoms in total. The van der Waals surface area contributed by atoms with Gasteiger partial charge in [0.2, 0.25) is 0 Å². The zero-order valence-electron chi connectivity index (χ0n) is 5.50. The first kappa shape index (κ1) is 7.31. The molecule has 1 rings (SSSR count). The molecule has 2 atom stereocenters. The summed E-state index contributed by atoms with van der Waals surface area (Å²) in [6.07, 6.45) is -0.407. The first-order valence-electron chi connectivity index (χ1n) is 3.23. The molecule has 1 aliphatic heterocycles. The number of azide groups is 1. The normalized spacial score (nSPS) is 32.9. The van der Waals surface area contributed by atoms with Gasteiger partial charge in [0, 0.05) is 11.5 Å². The highest BCUT2D eigenvalue weighted by molar-refractivity contribution is 4.83. The third-order valence-corrected chi connectivity index (χ3v) is 1.57. The molecular weight excluding hydrogens is 135 g/mol. The van der Waals surface area contributed by atoms with E-state index in [1.54, 1.807) is 0 Å². The quantitative estimate of drug-likeness (QED) is 0.333. The topological polar surface area (TPSA) is 60.8 Å². The molecule has 0 aliphatic carbocycles. The van der Waals surface area contributed by atoms with Gasteiger partial charge in [-0.2, -0.15) is 0 Å². The molecule has 0 bridgehead atoms. The predicted molar refractivity (Wildman–Crippen MR) is 35.3 cm³/mol. The number of rotatable bonds is 1. The first-order chi connectivity index (χ1) is 4.84. The fourth-order valence-corrected chi connectivity index (χ4v) is 1.00. The van der Waals surface area contributed by atoms with Gasteiger partial charge in [-0.1, -0.05) is 5.11 Å². The van der Waals surface area contributed by atoms with Gasteiger partial charge in [0.05, 0.1) is 6.04 Å². The van der Waals surface area contributed by atoms with Gasteiger partial charge in [-0.3, -0.25) is 0 Å². The van der Waals surface area contributed by atoms with Crippen LogP contribution in [0.1, 0.15) is 6.42 Å². The Morgan fingerprint density at radius 2 is 2.50 bits per heavy atom. The molecule has 1 N–H and O–H groups in total. The molecule has 0 amide bonds. The Hall–Kier alpha value is -0.800. The van der Waals surface area contributed by atoms with E-state index in [4.69, 9.17) is 5.53 Å². The Kier molecular flexibility index (Phi) is 2.48. The van der Waals surface area contributed by atoms with E-state index in [0.29, 0.717) is 13.0 Å². The number of alkyl halides is 1. The summed E-state index contributed by atoms with van der Waals surface area (Å²) < 4.78 is 12.7. The summed E-state index contributed by atoms with van der Waals surface area (Å²) in [5.41, 5.74) is 8.01. The molecule has 0 saturated carbocycles. The molecule has 1 aliphatic rings. The number of nitrogens with zero attached hydrogens (tertiary/aromatic N) is 3. The average Bonchev–Trinajstić information content (AvgIpc) is 1.94. The molecule has 1 saturated heterocycles. The molecule has 1 fully saturated rings. The van der Waals surface area contributed by atoms with E-state index in [0.717, 1.165) is 6.54 Å². The number of piperidine rings is 1. The summed E-state index contributed by atoms with van der Waals surface area (Å²) in [7, 11) is 0. The lowest BCUT2D eigenvalue weighted by molar-refractivity contribution is 0.233. The van der Waals surface area contributed by atoms with E-state index in [-0.39, 0.29) is 0 Å². The maximum Gasteiger partial charge on any atom is 0.121 e. The number of nitrogens with one attached hydrogen (secondary N) is 1. The van der Waals surface area contributed by atoms with Crippen LogP contribution in [-0.2, 0) is 0 Å². The van der Waals surface area contributed by atoms with E-state index < -0.39 is 12.2 Å². The van der Waals surface area contributed by atoms with E-state index in [1.807, 2.05) is 0 Å². The monoisotopic (exact) mass is 144 g/mol. The van der Waals surface area contributed by atoms with Gasteiger partial charge in [0.1, 0.15) is 6.17 Å². The maximum absolute atomic E-state index is 12.7. The summed E-state index contributed by atoms with van der Waals surface area (Å²) >= 11 is 0. The third-order valence-electron chi connectivity index (χ3n) is 1.57. The molecule has 0 unspecified atom stereocenters. The lowest BCUT2D eigenvalue weighted by Gasteiger charge is -2.22. The van der Waals surface area contributed by atoms with Crippen molar-refractivity contribution in [1.82, 2.24) is 5.32 Å². The maximum atomic E-state index is 12.7. The van der Waals surface area contributed by atoms with Crippen LogP contribution in [0.3, 0.4) is 0 Å². The smallest absolute Gasteiger partial charge is 0.121 e. The summed E-state index contributed by atoms with van der Waals surface area (Å²) in [5.74, 6) is 0. The van der Waals surface area contributed by atoms with Crippen LogP contribution in [0.5, 0.6) is 0 Å². The lowest BCUT2D eigenvalue weighted by Crippen LogP contribution is -2.40. The second-order valence-electron chi connectivity index (χ2n) is 2.28. The van der Waals surface area contributed by atoms with E-state index in [9.17, 15) is 4.39 Å². The Bertz CT molecular complexity index is 154. The van der Waals surface area contributed by atoms with Crippen molar-refractivity contribution in [2.45, 2.75) is 18.6 Å². The van der Waals surface area contributed by atoms with Gasteiger partial charge >= 0.3 is 0 Å². The van der Waals surface area contributed by atoms with Crippen molar-refractivity contribution in [2.75, 3.05) is 13.1 Å². The molecule has 56 valence electrons. The largest absolute Gasteiger partial charge is 0.314 e. The zero-order chi connectivity index (χ0) is 7.40. The first-order valence-corrected chi connectivity index (χ1v) is 3.23. The second kappa shape index (κ2) is 3.39. The predicted octanol–water partition coefficient (Wildman–Crippen LogP) is 0.997. The van der Waals surface area contributed by atoms with Gasteiger partial charge in [-0.15, -0.1) is 0 Å².